The van der Waals surface area contributed by atoms with Gasteiger partial charge in [0.15, 0.2) is 0 Å². The van der Waals surface area contributed by atoms with Crippen molar-refractivity contribution < 1.29 is 18.9 Å². The maximum Gasteiger partial charge on any atom is 0.341 e. The third kappa shape index (κ3) is 6.05. The molecule has 1 heterocycles. The Morgan fingerprint density at radius 1 is 1.20 bits per heavy atom. The van der Waals surface area contributed by atoms with Gasteiger partial charge in [-0.05, 0) is 13.8 Å². The number of halogens is 2. The number of hydrogen-bond donors (Lipinski definition) is 2. The monoisotopic (exact) mass is 522 g/mol. The van der Waals surface area contributed by atoms with Crippen LogP contribution in [0.25, 0.3) is 0 Å². The van der Waals surface area contributed by atoms with Crippen molar-refractivity contribution in [1.82, 2.24) is 10.2 Å². The summed E-state index contributed by atoms with van der Waals surface area (Å²) in [5.74, 6) is 0. The Kier molecular flexibility index (Phi) is 9.09. The molecule has 1 aromatic rings. The molecule has 0 aliphatic heterocycles. The van der Waals surface area contributed by atoms with Gasteiger partial charge in [0.25, 0.3) is 5.69 Å². The van der Waals surface area contributed by atoms with Crippen LogP contribution in [0.1, 0.15) is 23.5 Å². The lowest BCUT2D eigenvalue weighted by Gasteiger charge is -2.23. The molecule has 142 valence electrons. The van der Waals surface area contributed by atoms with Gasteiger partial charge in [-0.1, -0.05) is 43.2 Å². The number of nitro groups is 2. The van der Waals surface area contributed by atoms with Crippen molar-refractivity contribution in [2.75, 3.05) is 23.7 Å². The molecule has 0 amide bonds. The van der Waals surface area contributed by atoms with Crippen molar-refractivity contribution in [3.05, 3.63) is 30.7 Å². The quantitative estimate of drug-likeness (QED) is 0.192. The van der Waals surface area contributed by atoms with Crippen LogP contribution in [-0.4, -0.2) is 33.6 Å². The maximum atomic E-state index is 12.8. The zero-order valence-electron chi connectivity index (χ0n) is 13.4. The SMILES string of the molecule is Cc1c([N+](=O)[O-])sc(C(C)OP(=O)(NCCBr)NCCBr)c1[N+](=O)[O-]. The van der Waals surface area contributed by atoms with Crippen LogP contribution < -0.4 is 10.2 Å². The van der Waals surface area contributed by atoms with Gasteiger partial charge in [0.2, 0.25) is 0 Å². The molecule has 0 saturated heterocycles. The molecule has 14 heteroatoms. The summed E-state index contributed by atoms with van der Waals surface area (Å²) in [4.78, 5) is 21.1. The smallest absolute Gasteiger partial charge is 0.297 e. The van der Waals surface area contributed by atoms with E-state index >= 15 is 0 Å². The number of nitrogens with one attached hydrogen (secondary N) is 2. The Balaban J connectivity index is 3.17. The second-order valence-electron chi connectivity index (χ2n) is 4.75. The zero-order valence-corrected chi connectivity index (χ0v) is 18.2. The fraction of sp³-hybridized carbons (Fsp3) is 0.636. The molecule has 0 spiro atoms. The molecule has 1 unspecified atom stereocenters. The molecule has 0 radical (unpaired) electrons. The molecule has 10 nitrogen and oxygen atoms in total. The van der Waals surface area contributed by atoms with E-state index in [2.05, 4.69) is 42.0 Å². The summed E-state index contributed by atoms with van der Waals surface area (Å²) in [6, 6.07) is 0. The summed E-state index contributed by atoms with van der Waals surface area (Å²) in [5.41, 5.74) is -0.418. The lowest BCUT2D eigenvalue weighted by molar-refractivity contribution is -0.391. The average molecular weight is 524 g/mol. The van der Waals surface area contributed by atoms with Gasteiger partial charge in [-0.2, -0.15) is 0 Å². The van der Waals surface area contributed by atoms with E-state index in [-0.39, 0.29) is 21.1 Å². The second-order valence-corrected chi connectivity index (χ2v) is 9.32. The van der Waals surface area contributed by atoms with E-state index in [9.17, 15) is 24.8 Å². The van der Waals surface area contributed by atoms with E-state index in [0.717, 1.165) is 0 Å². The first kappa shape index (κ1) is 22.6. The van der Waals surface area contributed by atoms with Crippen LogP contribution in [0.4, 0.5) is 10.7 Å². The summed E-state index contributed by atoms with van der Waals surface area (Å²) < 4.78 is 18.4. The molecular formula is C11H17Br2N4O6PS. The predicted octanol–water partition coefficient (Wildman–Crippen LogP) is 4.03. The van der Waals surface area contributed by atoms with Crippen molar-refractivity contribution in [3.63, 3.8) is 0 Å². The van der Waals surface area contributed by atoms with Crippen molar-refractivity contribution in [2.45, 2.75) is 20.0 Å². The van der Waals surface area contributed by atoms with Crippen LogP contribution in [-0.2, 0) is 9.09 Å². The van der Waals surface area contributed by atoms with Crippen molar-refractivity contribution in [3.8, 4) is 0 Å². The fourth-order valence-electron chi connectivity index (χ4n) is 1.97. The Bertz CT molecular complexity index is 676. The van der Waals surface area contributed by atoms with Crippen LogP contribution in [0.2, 0.25) is 0 Å². The molecule has 0 aromatic carbocycles. The van der Waals surface area contributed by atoms with Gasteiger partial charge in [0, 0.05) is 23.7 Å². The standard InChI is InChI=1S/C11H17Br2N4O6PS/c1-7-9(16(18)19)10(25-11(7)17(20)21)8(2)23-24(22,14-5-3-12)15-6-4-13/h8H,3-6H2,1-2H3,(H2,14,15,22). The minimum absolute atomic E-state index is 0.0397. The van der Waals surface area contributed by atoms with Crippen LogP contribution in [0.3, 0.4) is 0 Å². The molecule has 0 bridgehead atoms. The van der Waals surface area contributed by atoms with E-state index < -0.39 is 23.6 Å². The van der Waals surface area contributed by atoms with Gasteiger partial charge in [0.05, 0.1) is 9.85 Å². The number of rotatable bonds is 11. The van der Waals surface area contributed by atoms with Gasteiger partial charge < -0.3 is 0 Å². The molecule has 1 atom stereocenters. The minimum atomic E-state index is -3.50. The second kappa shape index (κ2) is 10.0. The summed E-state index contributed by atoms with van der Waals surface area (Å²) in [5, 5.41) is 28.6. The average Bonchev–Trinajstić information content (AvgIpc) is 2.89. The third-order valence-corrected chi connectivity index (χ3v) is 7.05. The minimum Gasteiger partial charge on any atom is -0.297 e. The van der Waals surface area contributed by atoms with Crippen LogP contribution in [0, 0.1) is 27.2 Å². The van der Waals surface area contributed by atoms with E-state index in [1.54, 1.807) is 0 Å². The highest BCUT2D eigenvalue weighted by Crippen LogP contribution is 2.49. The Hall–Kier alpha value is -0.430. The molecule has 0 fully saturated rings. The van der Waals surface area contributed by atoms with Gasteiger partial charge in [-0.15, -0.1) is 0 Å². The summed E-state index contributed by atoms with van der Waals surface area (Å²) >= 11 is 7.06. The highest BCUT2D eigenvalue weighted by molar-refractivity contribution is 9.09. The van der Waals surface area contributed by atoms with Crippen LogP contribution in [0.15, 0.2) is 0 Å². The number of hydrogen-bond acceptors (Lipinski definition) is 7. The summed E-state index contributed by atoms with van der Waals surface area (Å²) in [7, 11) is -3.50. The maximum absolute atomic E-state index is 12.8. The molecule has 0 aliphatic rings. The number of nitrogens with zero attached hydrogens (tertiary/aromatic N) is 2. The van der Waals surface area contributed by atoms with Crippen molar-refractivity contribution in [1.29, 1.82) is 0 Å². The summed E-state index contributed by atoms with van der Waals surface area (Å²) in [6.45, 7) is 3.46. The Morgan fingerprint density at radius 3 is 2.12 bits per heavy atom. The van der Waals surface area contributed by atoms with E-state index in [1.165, 1.54) is 13.8 Å². The molecule has 25 heavy (non-hydrogen) atoms. The van der Waals surface area contributed by atoms with E-state index in [4.69, 9.17) is 4.52 Å². The normalized spacial score (nSPS) is 13.0. The van der Waals surface area contributed by atoms with Gasteiger partial charge in [-0.3, -0.25) is 29.3 Å². The molecule has 1 aromatic heterocycles. The zero-order chi connectivity index (χ0) is 19.2. The molecule has 1 rings (SSSR count). The first-order valence-electron chi connectivity index (χ1n) is 6.99. The Labute approximate surface area is 164 Å². The predicted molar refractivity (Wildman–Crippen MR) is 103 cm³/mol. The van der Waals surface area contributed by atoms with E-state index in [0.29, 0.717) is 35.1 Å². The van der Waals surface area contributed by atoms with Gasteiger partial charge >= 0.3 is 12.7 Å². The highest BCUT2D eigenvalue weighted by Gasteiger charge is 2.36. The molecule has 0 saturated carbocycles. The lowest BCUT2D eigenvalue weighted by Crippen LogP contribution is -2.27. The third-order valence-electron chi connectivity index (χ3n) is 2.97. The first-order chi connectivity index (χ1) is 11.7. The molecular weight excluding hydrogens is 507 g/mol. The number of alkyl halides is 2. The highest BCUT2D eigenvalue weighted by atomic mass is 79.9. The van der Waals surface area contributed by atoms with Gasteiger partial charge in [0.1, 0.15) is 16.5 Å². The largest absolute Gasteiger partial charge is 0.341 e. The van der Waals surface area contributed by atoms with Gasteiger partial charge in [-0.25, -0.2) is 10.2 Å². The van der Waals surface area contributed by atoms with Crippen molar-refractivity contribution >= 4 is 61.6 Å². The first-order valence-corrected chi connectivity index (χ1v) is 11.7. The van der Waals surface area contributed by atoms with Crippen LogP contribution >= 0.6 is 50.9 Å². The Morgan fingerprint density at radius 2 is 1.72 bits per heavy atom. The van der Waals surface area contributed by atoms with Crippen molar-refractivity contribution in [2.24, 2.45) is 0 Å². The summed E-state index contributed by atoms with van der Waals surface area (Å²) in [6.07, 6.45) is -0.978. The number of thiophene rings is 1. The fourth-order valence-corrected chi connectivity index (χ4v) is 5.75. The van der Waals surface area contributed by atoms with Crippen LogP contribution in [0.5, 0.6) is 0 Å². The lowest BCUT2D eigenvalue weighted by atomic mass is 10.2. The molecule has 2 N–H and O–H groups in total. The molecule has 0 aliphatic carbocycles. The topological polar surface area (TPSA) is 137 Å². The van der Waals surface area contributed by atoms with E-state index in [1.807, 2.05) is 0 Å².